The third-order valence-corrected chi connectivity index (χ3v) is 5.42. The topological polar surface area (TPSA) is 29.5 Å². The van der Waals surface area contributed by atoms with E-state index in [4.69, 9.17) is 4.74 Å². The van der Waals surface area contributed by atoms with Crippen molar-refractivity contribution < 1.29 is 9.84 Å². The summed E-state index contributed by atoms with van der Waals surface area (Å²) in [6.07, 6.45) is 0. The zero-order chi connectivity index (χ0) is 11.7. The number of fused-ring (bicyclic) bond motifs is 1. The minimum Gasteiger partial charge on any atom is -0.507 e. The van der Waals surface area contributed by atoms with Crippen molar-refractivity contribution in [1.82, 2.24) is 0 Å². The molecular weight excluding hydrogens is 232 g/mol. The monoisotopic (exact) mass is 247 g/mol. The van der Waals surface area contributed by atoms with Crippen LogP contribution in [0.15, 0.2) is 41.3 Å². The Kier molecular flexibility index (Phi) is 2.95. The van der Waals surface area contributed by atoms with Crippen molar-refractivity contribution in [3.05, 3.63) is 36.4 Å². The van der Waals surface area contributed by atoms with E-state index >= 15 is 0 Å². The maximum Gasteiger partial charge on any atom is 0.163 e. The molecule has 1 heterocycles. The predicted molar refractivity (Wildman–Crippen MR) is 71.8 cm³/mol. The zero-order valence-electron chi connectivity index (χ0n) is 9.56. The van der Waals surface area contributed by atoms with Crippen LogP contribution in [-0.2, 0) is 15.6 Å². The van der Waals surface area contributed by atoms with Crippen LogP contribution in [0.3, 0.4) is 0 Å². The van der Waals surface area contributed by atoms with Crippen molar-refractivity contribution in [1.29, 1.82) is 0 Å². The molecular formula is C14H15O2S+. The number of hydrogen-bond donors (Lipinski definition) is 1. The molecule has 1 aliphatic heterocycles. The van der Waals surface area contributed by atoms with Gasteiger partial charge in [-0.2, -0.15) is 0 Å². The Bertz CT molecular complexity index is 533. The highest BCUT2D eigenvalue weighted by atomic mass is 32.2. The highest BCUT2D eigenvalue weighted by Crippen LogP contribution is 2.32. The van der Waals surface area contributed by atoms with Gasteiger partial charge in [0.1, 0.15) is 17.3 Å². The lowest BCUT2D eigenvalue weighted by molar-refractivity contribution is 0.159. The number of phenols is 1. The summed E-state index contributed by atoms with van der Waals surface area (Å²) in [5, 5.41) is 12.0. The summed E-state index contributed by atoms with van der Waals surface area (Å²) in [4.78, 5) is 1.38. The van der Waals surface area contributed by atoms with Gasteiger partial charge in [-0.25, -0.2) is 0 Å². The van der Waals surface area contributed by atoms with Crippen molar-refractivity contribution >= 4 is 21.7 Å². The molecule has 0 unspecified atom stereocenters. The van der Waals surface area contributed by atoms with E-state index < -0.39 is 0 Å². The van der Waals surface area contributed by atoms with Crippen molar-refractivity contribution in [3.8, 4) is 5.75 Å². The lowest BCUT2D eigenvalue weighted by atomic mass is 10.1. The quantitative estimate of drug-likeness (QED) is 0.785. The Labute approximate surface area is 104 Å². The molecule has 2 nitrogen and oxygen atoms in total. The second-order valence-corrected chi connectivity index (χ2v) is 6.38. The fourth-order valence-electron chi connectivity index (χ4n) is 2.25. The van der Waals surface area contributed by atoms with Crippen LogP contribution in [0.1, 0.15) is 0 Å². The standard InChI is InChI=1S/C14H14O2S/c15-13-5-6-14(17-9-7-16-8-10-17)12-4-2-1-3-11(12)13/h1-6H,7-10H2/p+1. The fraction of sp³-hybridized carbons (Fsp3) is 0.286. The molecule has 0 aliphatic carbocycles. The maximum absolute atomic E-state index is 9.87. The summed E-state index contributed by atoms with van der Waals surface area (Å²) in [5.74, 6) is 2.59. The van der Waals surface area contributed by atoms with Crippen molar-refractivity contribution in [2.24, 2.45) is 0 Å². The molecule has 17 heavy (non-hydrogen) atoms. The van der Waals surface area contributed by atoms with Gasteiger partial charge in [-0.1, -0.05) is 18.2 Å². The lowest BCUT2D eigenvalue weighted by Crippen LogP contribution is -2.26. The molecule has 1 N–H and O–H groups in total. The van der Waals surface area contributed by atoms with Crippen LogP contribution >= 0.6 is 0 Å². The van der Waals surface area contributed by atoms with Crippen LogP contribution in [0.25, 0.3) is 10.8 Å². The number of phenolic OH excluding ortho intramolecular Hbond substituents is 1. The van der Waals surface area contributed by atoms with E-state index in [-0.39, 0.29) is 10.9 Å². The first-order valence-corrected chi connectivity index (χ1v) is 7.38. The van der Waals surface area contributed by atoms with Crippen LogP contribution in [0.5, 0.6) is 5.75 Å². The van der Waals surface area contributed by atoms with Gasteiger partial charge in [0.05, 0.1) is 13.2 Å². The normalized spacial score (nSPS) is 17.4. The first-order valence-electron chi connectivity index (χ1n) is 5.82. The summed E-state index contributed by atoms with van der Waals surface area (Å²) in [6, 6.07) is 12.0. The Morgan fingerprint density at radius 3 is 2.41 bits per heavy atom. The molecule has 0 spiro atoms. The van der Waals surface area contributed by atoms with Crippen LogP contribution in [0.2, 0.25) is 0 Å². The highest BCUT2D eigenvalue weighted by molar-refractivity contribution is 7.97. The third kappa shape index (κ3) is 2.01. The van der Waals surface area contributed by atoms with E-state index in [1.165, 1.54) is 10.3 Å². The van der Waals surface area contributed by atoms with Gasteiger partial charge in [-0.05, 0) is 18.2 Å². The molecule has 0 atom stereocenters. The maximum atomic E-state index is 9.87. The molecule has 1 saturated heterocycles. The Morgan fingerprint density at radius 1 is 0.941 bits per heavy atom. The largest absolute Gasteiger partial charge is 0.507 e. The van der Waals surface area contributed by atoms with Gasteiger partial charge in [0.25, 0.3) is 0 Å². The summed E-state index contributed by atoms with van der Waals surface area (Å²) in [5.41, 5.74) is 0. The molecule has 0 amide bonds. The first-order chi connectivity index (χ1) is 8.36. The zero-order valence-corrected chi connectivity index (χ0v) is 10.4. The average molecular weight is 247 g/mol. The minimum absolute atomic E-state index is 0.273. The van der Waals surface area contributed by atoms with E-state index in [9.17, 15) is 5.11 Å². The molecule has 0 radical (unpaired) electrons. The molecule has 1 aliphatic rings. The van der Waals surface area contributed by atoms with Crippen molar-refractivity contribution in [3.63, 3.8) is 0 Å². The van der Waals surface area contributed by atoms with Gasteiger partial charge >= 0.3 is 0 Å². The lowest BCUT2D eigenvalue weighted by Gasteiger charge is -2.15. The van der Waals surface area contributed by atoms with Crippen LogP contribution in [0, 0.1) is 0 Å². The predicted octanol–water partition coefficient (Wildman–Crippen LogP) is 2.55. The molecule has 88 valence electrons. The van der Waals surface area contributed by atoms with E-state index in [0.29, 0.717) is 5.75 Å². The molecule has 0 bridgehead atoms. The minimum atomic E-state index is 0.273. The SMILES string of the molecule is Oc1ccc([S+]2CCOCC2)c2ccccc12. The molecule has 1 fully saturated rings. The van der Waals surface area contributed by atoms with Crippen LogP contribution < -0.4 is 0 Å². The second-order valence-electron chi connectivity index (χ2n) is 4.14. The molecule has 0 saturated carbocycles. The van der Waals surface area contributed by atoms with E-state index in [2.05, 4.69) is 12.1 Å². The molecule has 3 heteroatoms. The average Bonchev–Trinajstić information content (AvgIpc) is 2.41. The van der Waals surface area contributed by atoms with E-state index in [0.717, 1.165) is 30.1 Å². The highest BCUT2D eigenvalue weighted by Gasteiger charge is 2.27. The number of rotatable bonds is 1. The summed E-state index contributed by atoms with van der Waals surface area (Å²) in [7, 11) is 0.273. The van der Waals surface area contributed by atoms with Crippen LogP contribution in [0.4, 0.5) is 0 Å². The van der Waals surface area contributed by atoms with Gasteiger partial charge in [0.15, 0.2) is 4.90 Å². The van der Waals surface area contributed by atoms with Gasteiger partial charge < -0.3 is 9.84 Å². The number of aromatic hydroxyl groups is 1. The van der Waals surface area contributed by atoms with Gasteiger partial charge in [-0.15, -0.1) is 0 Å². The Balaban J connectivity index is 2.12. The number of hydrogen-bond acceptors (Lipinski definition) is 2. The third-order valence-electron chi connectivity index (χ3n) is 3.12. The summed E-state index contributed by atoms with van der Waals surface area (Å²) in [6.45, 7) is 1.72. The number of benzene rings is 2. The fourth-order valence-corrected chi connectivity index (χ4v) is 4.28. The molecule has 0 aromatic heterocycles. The number of ether oxygens (including phenoxy) is 1. The molecule has 2 aromatic rings. The second kappa shape index (κ2) is 4.59. The van der Waals surface area contributed by atoms with Gasteiger partial charge in [0, 0.05) is 21.7 Å². The summed E-state index contributed by atoms with van der Waals surface area (Å²) < 4.78 is 5.41. The first kappa shape index (κ1) is 10.9. The van der Waals surface area contributed by atoms with Crippen LogP contribution in [-0.4, -0.2) is 29.8 Å². The van der Waals surface area contributed by atoms with E-state index in [1.807, 2.05) is 24.3 Å². The Morgan fingerprint density at radius 2 is 1.65 bits per heavy atom. The van der Waals surface area contributed by atoms with Gasteiger partial charge in [-0.3, -0.25) is 0 Å². The van der Waals surface area contributed by atoms with Gasteiger partial charge in [0.2, 0.25) is 0 Å². The molecule has 2 aromatic carbocycles. The van der Waals surface area contributed by atoms with E-state index in [1.54, 1.807) is 0 Å². The van der Waals surface area contributed by atoms with Crippen molar-refractivity contribution in [2.45, 2.75) is 4.90 Å². The molecule has 3 rings (SSSR count). The summed E-state index contributed by atoms with van der Waals surface area (Å²) >= 11 is 0. The Hall–Kier alpha value is -1.19. The van der Waals surface area contributed by atoms with Crippen molar-refractivity contribution in [2.75, 3.05) is 24.7 Å². The smallest absolute Gasteiger partial charge is 0.163 e.